The van der Waals surface area contributed by atoms with Gasteiger partial charge in [-0.1, -0.05) is 33.1 Å². The fraction of sp³-hybridized carbons (Fsp3) is 0.417. The van der Waals surface area contributed by atoms with E-state index in [2.05, 4.69) is 18.5 Å². The minimum Gasteiger partial charge on any atom is -0.326 e. The van der Waals surface area contributed by atoms with Crippen molar-refractivity contribution in [3.63, 3.8) is 0 Å². The Morgan fingerprint density at radius 1 is 1.21 bits per heavy atom. The summed E-state index contributed by atoms with van der Waals surface area (Å²) in [6.07, 6.45) is 1.69. The molecule has 0 fully saturated rings. The molecule has 1 amide bonds. The van der Waals surface area contributed by atoms with Crippen LogP contribution in [-0.2, 0) is 4.79 Å². The van der Waals surface area contributed by atoms with Crippen molar-refractivity contribution in [1.29, 1.82) is 0 Å². The molecule has 2 nitrogen and oxygen atoms in total. The third kappa shape index (κ3) is 6.23. The fourth-order valence-corrected chi connectivity index (χ4v) is 0.820. The van der Waals surface area contributed by atoms with Crippen molar-refractivity contribution in [2.75, 3.05) is 0 Å². The van der Waals surface area contributed by atoms with Gasteiger partial charge in [-0.05, 0) is 25.0 Å². The highest BCUT2D eigenvalue weighted by atomic mass is 16.1. The molecule has 0 bridgehead atoms. The van der Waals surface area contributed by atoms with Gasteiger partial charge in [0.05, 0.1) is 0 Å². The monoisotopic (exact) mass is 195 g/mol. The van der Waals surface area contributed by atoms with Gasteiger partial charge >= 0.3 is 0 Å². The van der Waals surface area contributed by atoms with E-state index in [4.69, 9.17) is 0 Å². The summed E-state index contributed by atoms with van der Waals surface area (Å²) >= 11 is 0. The van der Waals surface area contributed by atoms with Gasteiger partial charge in [0.15, 0.2) is 0 Å². The van der Waals surface area contributed by atoms with Crippen LogP contribution in [0.2, 0.25) is 0 Å². The molecule has 0 aromatic rings. The molecule has 0 aromatic carbocycles. The molecular weight excluding hydrogens is 174 g/mol. The van der Waals surface area contributed by atoms with E-state index >= 15 is 0 Å². The molecule has 1 N–H and O–H groups in total. The molecule has 0 aromatic heterocycles. The second kappa shape index (κ2) is 8.30. The van der Waals surface area contributed by atoms with Crippen LogP contribution in [0.25, 0.3) is 0 Å². The second-order valence-electron chi connectivity index (χ2n) is 2.72. The molecular formula is C12H21NO. The van der Waals surface area contributed by atoms with Gasteiger partial charge in [0.25, 0.3) is 0 Å². The van der Waals surface area contributed by atoms with Crippen LogP contribution in [0, 0.1) is 0 Å². The molecule has 0 aliphatic heterocycles. The van der Waals surface area contributed by atoms with Crippen LogP contribution in [0.15, 0.2) is 36.1 Å². The van der Waals surface area contributed by atoms with E-state index in [1.807, 2.05) is 27.7 Å². The van der Waals surface area contributed by atoms with Crippen LogP contribution in [-0.4, -0.2) is 5.91 Å². The number of carbonyl (C=O) groups excluding carboxylic acids is 1. The maximum Gasteiger partial charge on any atom is 0.221 e. The minimum absolute atomic E-state index is 0.0887. The summed E-state index contributed by atoms with van der Waals surface area (Å²) in [6.45, 7) is 16.6. The lowest BCUT2D eigenvalue weighted by Crippen LogP contribution is -2.20. The van der Waals surface area contributed by atoms with Gasteiger partial charge in [-0.15, -0.1) is 0 Å². The van der Waals surface area contributed by atoms with E-state index in [-0.39, 0.29) is 5.91 Å². The van der Waals surface area contributed by atoms with Crippen molar-refractivity contribution in [2.45, 2.75) is 34.6 Å². The predicted octanol–water partition coefficient (Wildman–Crippen LogP) is 3.18. The van der Waals surface area contributed by atoms with E-state index in [1.54, 1.807) is 6.08 Å². The van der Waals surface area contributed by atoms with Crippen LogP contribution in [0.5, 0.6) is 0 Å². The Hall–Kier alpha value is -1.31. The second-order valence-corrected chi connectivity index (χ2v) is 2.72. The van der Waals surface area contributed by atoms with Crippen LogP contribution in [0.3, 0.4) is 0 Å². The zero-order valence-corrected chi connectivity index (χ0v) is 9.90. The standard InChI is InChI=1S/C10H15NO.C2H6/c1-6-8(4)10(7(2)3)11-9(5)12;1-2/h6H,1-2H2,3-5H3,(H,11,12);1-2H3/b10-8+;. The molecule has 0 unspecified atom stereocenters. The molecule has 0 spiro atoms. The first-order chi connectivity index (χ1) is 6.49. The third-order valence-electron chi connectivity index (χ3n) is 1.43. The molecule has 0 saturated heterocycles. The number of nitrogens with one attached hydrogen (secondary N) is 1. The molecule has 0 rings (SSSR count). The van der Waals surface area contributed by atoms with Crippen molar-refractivity contribution in [1.82, 2.24) is 5.32 Å². The summed E-state index contributed by atoms with van der Waals surface area (Å²) < 4.78 is 0. The number of allylic oxidation sites excluding steroid dienone is 3. The zero-order valence-electron chi connectivity index (χ0n) is 9.90. The topological polar surface area (TPSA) is 29.1 Å². The average molecular weight is 195 g/mol. The smallest absolute Gasteiger partial charge is 0.221 e. The SMILES string of the molecule is C=C/C(C)=C(/NC(C)=O)C(=C)C.CC. The van der Waals surface area contributed by atoms with Gasteiger partial charge in [0.1, 0.15) is 0 Å². The predicted molar refractivity (Wildman–Crippen MR) is 62.9 cm³/mol. The first-order valence-corrected chi connectivity index (χ1v) is 4.75. The van der Waals surface area contributed by atoms with Crippen LogP contribution in [0.1, 0.15) is 34.6 Å². The highest BCUT2D eigenvalue weighted by molar-refractivity contribution is 5.76. The van der Waals surface area contributed by atoms with Gasteiger partial charge in [-0.3, -0.25) is 4.79 Å². The Morgan fingerprint density at radius 3 is 1.86 bits per heavy atom. The first-order valence-electron chi connectivity index (χ1n) is 4.75. The van der Waals surface area contributed by atoms with E-state index in [0.717, 1.165) is 16.8 Å². The highest BCUT2D eigenvalue weighted by Gasteiger charge is 2.02. The number of rotatable bonds is 3. The van der Waals surface area contributed by atoms with Crippen molar-refractivity contribution < 1.29 is 4.79 Å². The minimum atomic E-state index is -0.0887. The molecule has 0 saturated carbocycles. The van der Waals surface area contributed by atoms with Gasteiger partial charge < -0.3 is 5.32 Å². The number of carbonyl (C=O) groups is 1. The molecule has 0 aliphatic carbocycles. The summed E-state index contributed by atoms with van der Waals surface area (Å²) in [4.78, 5) is 10.8. The summed E-state index contributed by atoms with van der Waals surface area (Å²) in [7, 11) is 0. The molecule has 2 heteroatoms. The maximum atomic E-state index is 10.8. The van der Waals surface area contributed by atoms with Gasteiger partial charge in [-0.25, -0.2) is 0 Å². The van der Waals surface area contributed by atoms with E-state index in [0.29, 0.717) is 0 Å². The molecule has 0 radical (unpaired) electrons. The van der Waals surface area contributed by atoms with E-state index < -0.39 is 0 Å². The summed E-state index contributed by atoms with van der Waals surface area (Å²) in [6, 6.07) is 0. The summed E-state index contributed by atoms with van der Waals surface area (Å²) in [5, 5.41) is 2.70. The van der Waals surface area contributed by atoms with Gasteiger partial charge in [-0.2, -0.15) is 0 Å². The normalized spacial score (nSPS) is 10.4. The van der Waals surface area contributed by atoms with Crippen molar-refractivity contribution in [3.8, 4) is 0 Å². The highest BCUT2D eigenvalue weighted by Crippen LogP contribution is 2.09. The number of amides is 1. The Morgan fingerprint density at radius 2 is 1.64 bits per heavy atom. The Balaban J connectivity index is 0. The lowest BCUT2D eigenvalue weighted by Gasteiger charge is -2.09. The lowest BCUT2D eigenvalue weighted by atomic mass is 10.1. The van der Waals surface area contributed by atoms with Crippen LogP contribution < -0.4 is 5.32 Å². The van der Waals surface area contributed by atoms with Crippen molar-refractivity contribution >= 4 is 5.91 Å². The summed E-state index contributed by atoms with van der Waals surface area (Å²) in [5.74, 6) is -0.0887. The molecule has 0 atom stereocenters. The van der Waals surface area contributed by atoms with E-state index in [1.165, 1.54) is 6.92 Å². The molecule has 14 heavy (non-hydrogen) atoms. The van der Waals surface area contributed by atoms with E-state index in [9.17, 15) is 4.79 Å². The van der Waals surface area contributed by atoms with Crippen LogP contribution >= 0.6 is 0 Å². The largest absolute Gasteiger partial charge is 0.326 e. The molecule has 0 aliphatic rings. The Kier molecular flexibility index (Phi) is 8.99. The third-order valence-corrected chi connectivity index (χ3v) is 1.43. The fourth-order valence-electron chi connectivity index (χ4n) is 0.820. The number of hydrogen-bond donors (Lipinski definition) is 1. The Labute approximate surface area is 87.4 Å². The maximum absolute atomic E-state index is 10.8. The Bertz CT molecular complexity index is 249. The average Bonchev–Trinajstić information content (AvgIpc) is 2.15. The van der Waals surface area contributed by atoms with Gasteiger partial charge in [0.2, 0.25) is 5.91 Å². The summed E-state index contributed by atoms with van der Waals surface area (Å²) in [5.41, 5.74) is 2.53. The lowest BCUT2D eigenvalue weighted by molar-refractivity contribution is -0.118. The van der Waals surface area contributed by atoms with Gasteiger partial charge in [0, 0.05) is 12.6 Å². The van der Waals surface area contributed by atoms with Crippen molar-refractivity contribution in [2.24, 2.45) is 0 Å². The van der Waals surface area contributed by atoms with Crippen LogP contribution in [0.4, 0.5) is 0 Å². The molecule has 80 valence electrons. The first kappa shape index (κ1) is 15.2. The quantitative estimate of drug-likeness (QED) is 0.688. The zero-order chi connectivity index (χ0) is 11.7. The number of hydrogen-bond acceptors (Lipinski definition) is 1. The van der Waals surface area contributed by atoms with Crippen molar-refractivity contribution in [3.05, 3.63) is 36.1 Å². The molecule has 0 heterocycles.